The molecule has 1 atom stereocenters. The number of benzene rings is 2. The van der Waals surface area contributed by atoms with Gasteiger partial charge in [0.25, 0.3) is 0 Å². The van der Waals surface area contributed by atoms with Gasteiger partial charge in [-0.1, -0.05) is 31.1 Å². The summed E-state index contributed by atoms with van der Waals surface area (Å²) in [6, 6.07) is 12.0. The van der Waals surface area contributed by atoms with Gasteiger partial charge < -0.3 is 19.2 Å². The Morgan fingerprint density at radius 3 is 2.83 bits per heavy atom. The summed E-state index contributed by atoms with van der Waals surface area (Å²) >= 11 is 0. The Kier molecular flexibility index (Phi) is 5.88. The Morgan fingerprint density at radius 1 is 1.20 bits per heavy atom. The van der Waals surface area contributed by atoms with E-state index in [-0.39, 0.29) is 30.5 Å². The van der Waals surface area contributed by atoms with E-state index in [2.05, 4.69) is 5.16 Å². The molecule has 0 saturated carbocycles. The fourth-order valence-electron chi connectivity index (χ4n) is 3.61. The Bertz CT molecular complexity index is 960. The zero-order valence-electron chi connectivity index (χ0n) is 17.1. The van der Waals surface area contributed by atoms with Gasteiger partial charge in [0.05, 0.1) is 12.3 Å². The van der Waals surface area contributed by atoms with Crippen molar-refractivity contribution in [3.8, 4) is 11.5 Å². The van der Waals surface area contributed by atoms with E-state index in [0.717, 1.165) is 22.6 Å². The predicted molar refractivity (Wildman–Crippen MR) is 110 cm³/mol. The van der Waals surface area contributed by atoms with E-state index < -0.39 is 0 Å². The van der Waals surface area contributed by atoms with Crippen LogP contribution in [0, 0.1) is 11.7 Å². The van der Waals surface area contributed by atoms with Crippen molar-refractivity contribution in [3.05, 3.63) is 59.4 Å². The van der Waals surface area contributed by atoms with Crippen LogP contribution in [0.5, 0.6) is 11.5 Å². The van der Waals surface area contributed by atoms with Gasteiger partial charge in [0, 0.05) is 24.9 Å². The maximum absolute atomic E-state index is 13.6. The highest BCUT2D eigenvalue weighted by Gasteiger charge is 2.28. The summed E-state index contributed by atoms with van der Waals surface area (Å²) < 4.78 is 24.4. The highest BCUT2D eigenvalue weighted by atomic mass is 19.1. The third-order valence-corrected chi connectivity index (χ3v) is 5.06. The van der Waals surface area contributed by atoms with Crippen LogP contribution in [-0.4, -0.2) is 36.0 Å². The average Bonchev–Trinajstić information content (AvgIpc) is 3.35. The molecule has 1 amide bonds. The van der Waals surface area contributed by atoms with Crippen LogP contribution in [0.2, 0.25) is 0 Å². The van der Waals surface area contributed by atoms with Gasteiger partial charge in [-0.05, 0) is 41.8 Å². The third kappa shape index (κ3) is 4.72. The molecule has 2 aliphatic rings. The molecule has 0 N–H and O–H groups in total. The molecule has 2 heterocycles. The number of halogens is 1. The van der Waals surface area contributed by atoms with Gasteiger partial charge in [-0.15, -0.1) is 0 Å². The summed E-state index contributed by atoms with van der Waals surface area (Å²) in [5.74, 6) is 1.36. The molecule has 0 spiro atoms. The minimum absolute atomic E-state index is 0.0226. The van der Waals surface area contributed by atoms with E-state index in [1.807, 2.05) is 38.1 Å². The van der Waals surface area contributed by atoms with Crippen LogP contribution < -0.4 is 9.47 Å². The molecule has 0 fully saturated rings. The smallest absolute Gasteiger partial charge is 0.231 e. The average molecular weight is 412 g/mol. The number of hydrogen-bond acceptors (Lipinski definition) is 5. The van der Waals surface area contributed by atoms with Gasteiger partial charge >= 0.3 is 0 Å². The van der Waals surface area contributed by atoms with Crippen molar-refractivity contribution in [1.82, 2.24) is 4.90 Å². The second kappa shape index (κ2) is 8.73. The lowest BCUT2D eigenvalue weighted by Crippen LogP contribution is -2.37. The lowest BCUT2D eigenvalue weighted by atomic mass is 10.0. The molecule has 158 valence electrons. The second-order valence-electron chi connectivity index (χ2n) is 8.04. The van der Waals surface area contributed by atoms with Gasteiger partial charge in [0.1, 0.15) is 5.82 Å². The van der Waals surface area contributed by atoms with Crippen molar-refractivity contribution in [2.75, 3.05) is 13.3 Å². The summed E-state index contributed by atoms with van der Waals surface area (Å²) in [7, 11) is 0. The number of carbonyl (C=O) groups excluding carboxylic acids is 1. The molecule has 0 unspecified atom stereocenters. The number of hydrogen-bond donors (Lipinski definition) is 0. The van der Waals surface area contributed by atoms with Crippen LogP contribution in [0.4, 0.5) is 4.39 Å². The number of ether oxygens (including phenoxy) is 2. The molecule has 30 heavy (non-hydrogen) atoms. The van der Waals surface area contributed by atoms with E-state index in [1.54, 1.807) is 11.0 Å². The van der Waals surface area contributed by atoms with Crippen LogP contribution in [0.3, 0.4) is 0 Å². The molecule has 0 aliphatic carbocycles. The Balaban J connectivity index is 1.43. The number of nitrogens with zero attached hydrogens (tertiary/aromatic N) is 2. The van der Waals surface area contributed by atoms with Crippen molar-refractivity contribution in [2.45, 2.75) is 39.3 Å². The van der Waals surface area contributed by atoms with Crippen molar-refractivity contribution in [2.24, 2.45) is 11.1 Å². The molecule has 7 heteroatoms. The molecular weight excluding hydrogens is 387 g/mol. The summed E-state index contributed by atoms with van der Waals surface area (Å²) in [6.45, 7) is 4.95. The summed E-state index contributed by atoms with van der Waals surface area (Å²) in [4.78, 5) is 20.2. The van der Waals surface area contributed by atoms with Crippen molar-refractivity contribution in [3.63, 3.8) is 0 Å². The SMILES string of the molecule is CC(C)CC(=O)N(Cc1cccc(F)c1)C[C@H]1CC(c2ccc3c(c2)OCO3)=NO1. The number of amides is 1. The summed E-state index contributed by atoms with van der Waals surface area (Å²) in [6.07, 6.45) is 0.752. The maximum atomic E-state index is 13.6. The second-order valence-corrected chi connectivity index (χ2v) is 8.04. The minimum atomic E-state index is -0.311. The molecule has 0 radical (unpaired) electrons. The molecular formula is C23H25FN2O4. The van der Waals surface area contributed by atoms with Crippen molar-refractivity contribution < 1.29 is 23.5 Å². The largest absolute Gasteiger partial charge is 0.454 e. The Labute approximate surface area is 175 Å². The quantitative estimate of drug-likeness (QED) is 0.686. The van der Waals surface area contributed by atoms with Gasteiger partial charge in [0.2, 0.25) is 12.7 Å². The van der Waals surface area contributed by atoms with Gasteiger partial charge in [-0.25, -0.2) is 4.39 Å². The first-order chi connectivity index (χ1) is 14.5. The van der Waals surface area contributed by atoms with Crippen LogP contribution in [-0.2, 0) is 16.2 Å². The van der Waals surface area contributed by atoms with Gasteiger partial charge in [-0.2, -0.15) is 0 Å². The van der Waals surface area contributed by atoms with Crippen LogP contribution in [0.1, 0.15) is 37.8 Å². The number of fused-ring (bicyclic) bond motifs is 1. The van der Waals surface area contributed by atoms with E-state index in [0.29, 0.717) is 31.7 Å². The third-order valence-electron chi connectivity index (χ3n) is 5.06. The molecule has 2 aromatic rings. The first kappa shape index (κ1) is 20.2. The Hall–Kier alpha value is -3.09. The number of carbonyl (C=O) groups is 1. The summed E-state index contributed by atoms with van der Waals surface area (Å²) in [5.41, 5.74) is 2.47. The van der Waals surface area contributed by atoms with E-state index in [4.69, 9.17) is 14.3 Å². The molecule has 0 bridgehead atoms. The molecule has 0 saturated heterocycles. The lowest BCUT2D eigenvalue weighted by molar-refractivity contribution is -0.134. The maximum Gasteiger partial charge on any atom is 0.231 e. The zero-order chi connectivity index (χ0) is 21.1. The lowest BCUT2D eigenvalue weighted by Gasteiger charge is -2.26. The van der Waals surface area contributed by atoms with Crippen LogP contribution >= 0.6 is 0 Å². The van der Waals surface area contributed by atoms with E-state index >= 15 is 0 Å². The van der Waals surface area contributed by atoms with Crippen molar-refractivity contribution in [1.29, 1.82) is 0 Å². The standard InChI is InChI=1S/C23H25FN2O4/c1-15(2)8-23(27)26(12-16-4-3-5-18(24)9-16)13-19-11-20(25-30-19)17-6-7-21-22(10-17)29-14-28-21/h3-7,9-10,15,19H,8,11-14H2,1-2H3/t19-/m1/s1. The van der Waals surface area contributed by atoms with E-state index in [1.165, 1.54) is 12.1 Å². The fourth-order valence-corrected chi connectivity index (χ4v) is 3.61. The molecule has 4 rings (SSSR count). The monoisotopic (exact) mass is 412 g/mol. The first-order valence-electron chi connectivity index (χ1n) is 10.1. The Morgan fingerprint density at radius 2 is 2.03 bits per heavy atom. The highest BCUT2D eigenvalue weighted by molar-refractivity contribution is 6.01. The molecule has 6 nitrogen and oxygen atoms in total. The topological polar surface area (TPSA) is 60.4 Å². The first-order valence-corrected chi connectivity index (χ1v) is 10.1. The molecule has 0 aromatic heterocycles. The number of rotatable bonds is 7. The predicted octanol–water partition coefficient (Wildman–Crippen LogP) is 4.12. The highest BCUT2D eigenvalue weighted by Crippen LogP contribution is 2.33. The van der Waals surface area contributed by atoms with Crippen LogP contribution in [0.15, 0.2) is 47.6 Å². The number of oxime groups is 1. The summed E-state index contributed by atoms with van der Waals surface area (Å²) in [5, 5.41) is 4.23. The van der Waals surface area contributed by atoms with E-state index in [9.17, 15) is 9.18 Å². The molecule has 2 aliphatic heterocycles. The fraction of sp³-hybridized carbons (Fsp3) is 0.391. The van der Waals surface area contributed by atoms with Crippen LogP contribution in [0.25, 0.3) is 0 Å². The zero-order valence-corrected chi connectivity index (χ0v) is 17.1. The van der Waals surface area contributed by atoms with Gasteiger partial charge in [0.15, 0.2) is 17.6 Å². The van der Waals surface area contributed by atoms with Gasteiger partial charge in [-0.3, -0.25) is 4.79 Å². The van der Waals surface area contributed by atoms with Crippen molar-refractivity contribution >= 4 is 11.6 Å². The molecule has 2 aromatic carbocycles. The minimum Gasteiger partial charge on any atom is -0.454 e. The normalized spacial score (nSPS) is 17.1.